The maximum atomic E-state index is 2.31. The molecule has 0 saturated carbocycles. The molecule has 0 nitrogen and oxygen atoms in total. The molecule has 1 aromatic rings. The fourth-order valence-electron chi connectivity index (χ4n) is 0.720. The molecule has 0 atom stereocenters. The molecule has 0 N–H and O–H groups in total. The van der Waals surface area contributed by atoms with E-state index in [4.69, 9.17) is 0 Å². The Morgan fingerprint density at radius 1 is 0.923 bits per heavy atom. The molecule has 0 fully saturated rings. The van der Waals surface area contributed by atoms with E-state index in [9.17, 15) is 0 Å². The van der Waals surface area contributed by atoms with E-state index in [1.165, 1.54) is 9.13 Å². The Morgan fingerprint density at radius 3 is 1.62 bits per heavy atom. The molecule has 1 rings (SSSR count). The third kappa shape index (κ3) is 8.28. The van der Waals surface area contributed by atoms with E-state index < -0.39 is 0 Å². The normalized spacial score (nSPS) is 7.54. The summed E-state index contributed by atoms with van der Waals surface area (Å²) in [6.07, 6.45) is 1.14. The van der Waals surface area contributed by atoms with Crippen molar-refractivity contribution in [1.29, 1.82) is 0 Å². The summed E-state index contributed by atoms with van der Waals surface area (Å²) in [5.74, 6) is 0. The lowest BCUT2D eigenvalue weighted by Gasteiger charge is -1.93. The molecular formula is C12H21I. The molecule has 0 unspecified atom stereocenters. The third-order valence-electron chi connectivity index (χ3n) is 1.32. The summed E-state index contributed by atoms with van der Waals surface area (Å²) in [5, 5.41) is 0. The van der Waals surface area contributed by atoms with Crippen LogP contribution in [0.5, 0.6) is 0 Å². The van der Waals surface area contributed by atoms with Crippen LogP contribution in [0.2, 0.25) is 0 Å². The average Bonchev–Trinajstić information content (AvgIpc) is 2.25. The van der Waals surface area contributed by atoms with Crippen LogP contribution in [0.4, 0.5) is 0 Å². The van der Waals surface area contributed by atoms with Crippen LogP contribution >= 0.6 is 22.6 Å². The molecule has 0 bridgehead atoms. The van der Waals surface area contributed by atoms with Gasteiger partial charge in [0, 0.05) is 3.57 Å². The van der Waals surface area contributed by atoms with Crippen molar-refractivity contribution in [3.05, 3.63) is 33.4 Å². The number of hydrogen-bond acceptors (Lipinski definition) is 0. The average molecular weight is 292 g/mol. The van der Waals surface area contributed by atoms with Crippen molar-refractivity contribution >= 4 is 22.6 Å². The van der Waals surface area contributed by atoms with Crippen LogP contribution < -0.4 is 0 Å². The van der Waals surface area contributed by atoms with Crippen molar-refractivity contribution in [2.45, 2.75) is 41.0 Å². The molecule has 0 saturated heterocycles. The van der Waals surface area contributed by atoms with Crippen LogP contribution in [-0.2, 0) is 6.42 Å². The number of halogens is 1. The zero-order valence-corrected chi connectivity index (χ0v) is 11.6. The summed E-state index contributed by atoms with van der Waals surface area (Å²) in [7, 11) is 0. The molecule has 0 radical (unpaired) electrons. The van der Waals surface area contributed by atoms with Crippen LogP contribution in [-0.4, -0.2) is 0 Å². The Hall–Kier alpha value is -0.0500. The van der Waals surface area contributed by atoms with Gasteiger partial charge < -0.3 is 0 Å². The smallest absolute Gasteiger partial charge is 0.0130 e. The standard InChI is InChI=1S/C8H9I.2C2H6/c1-2-7-3-5-8(9)6-4-7;2*1-2/h3-6H,2H2,1H3;2*1-2H3. The van der Waals surface area contributed by atoms with Crippen LogP contribution in [0.3, 0.4) is 0 Å². The van der Waals surface area contributed by atoms with Crippen molar-refractivity contribution < 1.29 is 0 Å². The molecule has 76 valence electrons. The van der Waals surface area contributed by atoms with Crippen molar-refractivity contribution in [1.82, 2.24) is 0 Å². The predicted molar refractivity (Wildman–Crippen MR) is 71.2 cm³/mol. The number of hydrogen-bond donors (Lipinski definition) is 0. The molecule has 0 aliphatic carbocycles. The first-order valence-corrected chi connectivity index (χ1v) is 6.15. The van der Waals surface area contributed by atoms with E-state index >= 15 is 0 Å². The van der Waals surface area contributed by atoms with E-state index in [1.54, 1.807) is 0 Å². The molecule has 0 heterocycles. The Morgan fingerprint density at radius 2 is 1.31 bits per heavy atom. The first-order chi connectivity index (χ1) is 6.33. The highest BCUT2D eigenvalue weighted by atomic mass is 127. The fraction of sp³-hybridized carbons (Fsp3) is 0.500. The topological polar surface area (TPSA) is 0 Å². The fourth-order valence-corrected chi connectivity index (χ4v) is 1.08. The molecular weight excluding hydrogens is 271 g/mol. The monoisotopic (exact) mass is 292 g/mol. The molecule has 0 aliphatic rings. The van der Waals surface area contributed by atoms with Crippen molar-refractivity contribution in [3.63, 3.8) is 0 Å². The largest absolute Gasteiger partial charge is 0.0683 e. The summed E-state index contributed by atoms with van der Waals surface area (Å²) in [5.41, 5.74) is 1.41. The predicted octanol–water partition coefficient (Wildman–Crippen LogP) is 4.91. The second-order valence-electron chi connectivity index (χ2n) is 1.98. The van der Waals surface area contributed by atoms with Crippen molar-refractivity contribution in [3.8, 4) is 0 Å². The molecule has 0 aromatic heterocycles. The maximum absolute atomic E-state index is 2.31. The summed E-state index contributed by atoms with van der Waals surface area (Å²) < 4.78 is 1.31. The molecule has 0 spiro atoms. The lowest BCUT2D eigenvalue weighted by atomic mass is 10.2. The van der Waals surface area contributed by atoms with E-state index in [2.05, 4.69) is 53.8 Å². The van der Waals surface area contributed by atoms with Gasteiger partial charge >= 0.3 is 0 Å². The summed E-state index contributed by atoms with van der Waals surface area (Å²) in [4.78, 5) is 0. The highest BCUT2D eigenvalue weighted by Gasteiger charge is 1.85. The zero-order valence-electron chi connectivity index (χ0n) is 9.39. The minimum absolute atomic E-state index is 1.14. The lowest BCUT2D eigenvalue weighted by molar-refractivity contribution is 1.14. The number of rotatable bonds is 1. The Balaban J connectivity index is 0. The highest BCUT2D eigenvalue weighted by molar-refractivity contribution is 14.1. The maximum Gasteiger partial charge on any atom is 0.0130 e. The Bertz CT molecular complexity index is 177. The summed E-state index contributed by atoms with van der Waals surface area (Å²) in [6.45, 7) is 10.2. The Labute approximate surface area is 96.9 Å². The van der Waals surface area contributed by atoms with E-state index in [0.29, 0.717) is 0 Å². The van der Waals surface area contributed by atoms with E-state index in [0.717, 1.165) is 6.42 Å². The number of aryl methyl sites for hydroxylation is 1. The highest BCUT2D eigenvalue weighted by Crippen LogP contribution is 2.06. The van der Waals surface area contributed by atoms with Crippen LogP contribution in [0, 0.1) is 3.57 Å². The molecule has 0 aliphatic heterocycles. The van der Waals surface area contributed by atoms with Gasteiger partial charge in [-0.3, -0.25) is 0 Å². The van der Waals surface area contributed by atoms with Gasteiger partial charge in [0.15, 0.2) is 0 Å². The van der Waals surface area contributed by atoms with Gasteiger partial charge in [-0.2, -0.15) is 0 Å². The van der Waals surface area contributed by atoms with Crippen LogP contribution in [0.1, 0.15) is 40.2 Å². The van der Waals surface area contributed by atoms with Gasteiger partial charge in [-0.05, 0) is 46.7 Å². The van der Waals surface area contributed by atoms with Gasteiger partial charge in [-0.25, -0.2) is 0 Å². The van der Waals surface area contributed by atoms with Gasteiger partial charge in [0.05, 0.1) is 0 Å². The molecule has 13 heavy (non-hydrogen) atoms. The van der Waals surface area contributed by atoms with Crippen LogP contribution in [0.25, 0.3) is 0 Å². The summed E-state index contributed by atoms with van der Waals surface area (Å²) in [6, 6.07) is 8.61. The van der Waals surface area contributed by atoms with E-state index in [1.807, 2.05) is 27.7 Å². The van der Waals surface area contributed by atoms with Crippen molar-refractivity contribution in [2.24, 2.45) is 0 Å². The van der Waals surface area contributed by atoms with Crippen molar-refractivity contribution in [2.75, 3.05) is 0 Å². The van der Waals surface area contributed by atoms with Gasteiger partial charge in [0.2, 0.25) is 0 Å². The lowest BCUT2D eigenvalue weighted by Crippen LogP contribution is -1.77. The minimum atomic E-state index is 1.14. The SMILES string of the molecule is CC.CC.CCc1ccc(I)cc1. The van der Waals surface area contributed by atoms with Gasteiger partial charge in [-0.1, -0.05) is 46.8 Å². The minimum Gasteiger partial charge on any atom is -0.0683 e. The first-order valence-electron chi connectivity index (χ1n) is 5.07. The molecule has 1 aromatic carbocycles. The summed E-state index contributed by atoms with van der Waals surface area (Å²) >= 11 is 2.31. The van der Waals surface area contributed by atoms with E-state index in [-0.39, 0.29) is 0 Å². The van der Waals surface area contributed by atoms with Gasteiger partial charge in [0.25, 0.3) is 0 Å². The second-order valence-corrected chi connectivity index (χ2v) is 3.23. The van der Waals surface area contributed by atoms with Gasteiger partial charge in [0.1, 0.15) is 0 Å². The molecule has 0 amide bonds. The zero-order chi connectivity index (χ0) is 10.7. The van der Waals surface area contributed by atoms with Gasteiger partial charge in [-0.15, -0.1) is 0 Å². The second kappa shape index (κ2) is 11.9. The first kappa shape index (κ1) is 15.4. The Kier molecular flexibility index (Phi) is 14.2. The third-order valence-corrected chi connectivity index (χ3v) is 2.04. The van der Waals surface area contributed by atoms with Crippen LogP contribution in [0.15, 0.2) is 24.3 Å². The number of benzene rings is 1. The quantitative estimate of drug-likeness (QED) is 0.645. The molecule has 1 heteroatoms.